The van der Waals surface area contributed by atoms with Gasteiger partial charge in [-0.2, -0.15) is 0 Å². The van der Waals surface area contributed by atoms with Crippen LogP contribution in [0.25, 0.3) is 11.0 Å². The fourth-order valence-corrected chi connectivity index (χ4v) is 3.59. The van der Waals surface area contributed by atoms with E-state index in [0.29, 0.717) is 19.1 Å². The van der Waals surface area contributed by atoms with Gasteiger partial charge in [0.2, 0.25) is 5.91 Å². The summed E-state index contributed by atoms with van der Waals surface area (Å²) in [5.41, 5.74) is 3.50. The van der Waals surface area contributed by atoms with Crippen LogP contribution in [-0.4, -0.2) is 28.6 Å². The maximum Gasteiger partial charge on any atom is 0.222 e. The molecule has 1 heterocycles. The van der Waals surface area contributed by atoms with E-state index in [1.54, 1.807) is 0 Å². The smallest absolute Gasteiger partial charge is 0.222 e. The SMILES string of the molecule is CC(C)C(=O)NCCCc1nc2ccccc2n1CCCOc1ccc(C(C)C)cc1. The first-order valence-corrected chi connectivity index (χ1v) is 11.4. The molecule has 1 aromatic heterocycles. The molecule has 0 aliphatic rings. The molecule has 0 aliphatic heterocycles. The van der Waals surface area contributed by atoms with Crippen LogP contribution in [0.4, 0.5) is 0 Å². The lowest BCUT2D eigenvalue weighted by molar-refractivity contribution is -0.123. The zero-order chi connectivity index (χ0) is 22.2. The molecule has 5 nitrogen and oxygen atoms in total. The Morgan fingerprint density at radius 2 is 1.77 bits per heavy atom. The van der Waals surface area contributed by atoms with Gasteiger partial charge in [0, 0.05) is 25.4 Å². The Kier molecular flexibility index (Phi) is 8.10. The average molecular weight is 422 g/mol. The van der Waals surface area contributed by atoms with Crippen molar-refractivity contribution in [3.8, 4) is 5.75 Å². The van der Waals surface area contributed by atoms with Gasteiger partial charge in [0.25, 0.3) is 0 Å². The Bertz CT molecular complexity index is 974. The van der Waals surface area contributed by atoms with Crippen LogP contribution in [0.5, 0.6) is 5.75 Å². The molecular weight excluding hydrogens is 386 g/mol. The van der Waals surface area contributed by atoms with E-state index in [2.05, 4.69) is 66.2 Å². The van der Waals surface area contributed by atoms with Crippen molar-refractivity contribution >= 4 is 16.9 Å². The molecule has 3 aromatic rings. The Balaban J connectivity index is 1.56. The molecule has 31 heavy (non-hydrogen) atoms. The summed E-state index contributed by atoms with van der Waals surface area (Å²) in [4.78, 5) is 16.6. The molecule has 1 amide bonds. The normalized spacial score (nSPS) is 11.4. The van der Waals surface area contributed by atoms with Crippen molar-refractivity contribution in [1.29, 1.82) is 0 Å². The number of rotatable bonds is 11. The zero-order valence-electron chi connectivity index (χ0n) is 19.2. The van der Waals surface area contributed by atoms with E-state index in [-0.39, 0.29) is 11.8 Å². The quantitative estimate of drug-likeness (QED) is 0.426. The van der Waals surface area contributed by atoms with Crippen molar-refractivity contribution < 1.29 is 9.53 Å². The molecule has 0 fully saturated rings. The molecule has 5 heteroatoms. The van der Waals surface area contributed by atoms with Crippen LogP contribution >= 0.6 is 0 Å². The number of amides is 1. The highest BCUT2D eigenvalue weighted by atomic mass is 16.5. The van der Waals surface area contributed by atoms with Crippen LogP contribution in [0, 0.1) is 5.92 Å². The Morgan fingerprint density at radius 1 is 1.03 bits per heavy atom. The number of para-hydroxylation sites is 2. The molecule has 0 aliphatic carbocycles. The third kappa shape index (κ3) is 6.33. The third-order valence-corrected chi connectivity index (χ3v) is 5.48. The summed E-state index contributed by atoms with van der Waals surface area (Å²) >= 11 is 0. The molecule has 166 valence electrons. The van der Waals surface area contributed by atoms with Crippen molar-refractivity contribution in [2.75, 3.05) is 13.2 Å². The number of imidazole rings is 1. The predicted octanol–water partition coefficient (Wildman–Crippen LogP) is 5.33. The molecule has 0 spiro atoms. The standard InChI is InChI=1S/C26H35N3O2/c1-19(2)21-12-14-22(15-13-21)31-18-8-17-29-24-10-6-5-9-23(24)28-25(29)11-7-16-27-26(30)20(3)4/h5-6,9-10,12-15,19-20H,7-8,11,16-18H2,1-4H3,(H,27,30). The van der Waals surface area contributed by atoms with Crippen LogP contribution in [0.1, 0.15) is 57.8 Å². The Labute approximate surface area is 185 Å². The number of aromatic nitrogens is 2. The molecule has 1 N–H and O–H groups in total. The summed E-state index contributed by atoms with van der Waals surface area (Å²) < 4.78 is 8.25. The number of nitrogens with one attached hydrogen (secondary N) is 1. The molecule has 0 unspecified atom stereocenters. The number of nitrogens with zero attached hydrogens (tertiary/aromatic N) is 2. The van der Waals surface area contributed by atoms with Gasteiger partial charge < -0.3 is 14.6 Å². The molecule has 0 saturated heterocycles. The molecule has 2 aromatic carbocycles. The van der Waals surface area contributed by atoms with Gasteiger partial charge in [0.1, 0.15) is 11.6 Å². The van der Waals surface area contributed by atoms with Crippen molar-refractivity contribution in [3.05, 3.63) is 59.9 Å². The minimum atomic E-state index is 0.0196. The predicted molar refractivity (Wildman–Crippen MR) is 127 cm³/mol. The van der Waals surface area contributed by atoms with Crippen LogP contribution in [-0.2, 0) is 17.8 Å². The van der Waals surface area contributed by atoms with Gasteiger partial charge in [-0.25, -0.2) is 4.98 Å². The summed E-state index contributed by atoms with van der Waals surface area (Å²) in [7, 11) is 0. The third-order valence-electron chi connectivity index (χ3n) is 5.48. The summed E-state index contributed by atoms with van der Waals surface area (Å²) in [6.07, 6.45) is 2.62. The lowest BCUT2D eigenvalue weighted by atomic mass is 10.0. The van der Waals surface area contributed by atoms with Crippen LogP contribution in [0.2, 0.25) is 0 Å². The second-order valence-corrected chi connectivity index (χ2v) is 8.64. The van der Waals surface area contributed by atoms with Crippen LogP contribution < -0.4 is 10.1 Å². The van der Waals surface area contributed by atoms with Gasteiger partial charge in [0.05, 0.1) is 17.6 Å². The van der Waals surface area contributed by atoms with Crippen LogP contribution in [0.15, 0.2) is 48.5 Å². The van der Waals surface area contributed by atoms with E-state index in [9.17, 15) is 4.79 Å². The number of aryl methyl sites for hydroxylation is 2. The maximum absolute atomic E-state index is 11.8. The van der Waals surface area contributed by atoms with Gasteiger partial charge in [-0.05, 0) is 48.6 Å². The van der Waals surface area contributed by atoms with E-state index in [1.807, 2.05) is 19.9 Å². The number of carbonyl (C=O) groups excluding carboxylic acids is 1. The lowest BCUT2D eigenvalue weighted by Crippen LogP contribution is -2.28. The number of ether oxygens (including phenoxy) is 1. The van der Waals surface area contributed by atoms with Crippen molar-refractivity contribution in [2.45, 2.75) is 59.4 Å². The maximum atomic E-state index is 11.8. The fraction of sp³-hybridized carbons (Fsp3) is 0.462. The highest BCUT2D eigenvalue weighted by Crippen LogP contribution is 2.20. The average Bonchev–Trinajstić information content (AvgIpc) is 3.11. The molecule has 3 rings (SSSR count). The molecular formula is C26H35N3O2. The van der Waals surface area contributed by atoms with E-state index < -0.39 is 0 Å². The van der Waals surface area contributed by atoms with Crippen molar-refractivity contribution in [3.63, 3.8) is 0 Å². The largest absolute Gasteiger partial charge is 0.494 e. The van der Waals surface area contributed by atoms with E-state index in [1.165, 1.54) is 5.56 Å². The molecule has 0 saturated carbocycles. The first-order chi connectivity index (χ1) is 15.0. The molecule has 0 atom stereocenters. The van der Waals surface area contributed by atoms with Gasteiger partial charge >= 0.3 is 0 Å². The first-order valence-electron chi connectivity index (χ1n) is 11.4. The number of fused-ring (bicyclic) bond motifs is 1. The fourth-order valence-electron chi connectivity index (χ4n) is 3.59. The summed E-state index contributed by atoms with van der Waals surface area (Å²) in [6.45, 7) is 10.4. The van der Waals surface area contributed by atoms with Gasteiger partial charge in [0.15, 0.2) is 0 Å². The number of benzene rings is 2. The molecule has 0 radical (unpaired) electrons. The summed E-state index contributed by atoms with van der Waals surface area (Å²) in [5, 5.41) is 2.99. The monoisotopic (exact) mass is 421 g/mol. The highest BCUT2D eigenvalue weighted by molar-refractivity contribution is 5.77. The van der Waals surface area contributed by atoms with Gasteiger partial charge in [-0.1, -0.05) is 52.0 Å². The minimum Gasteiger partial charge on any atom is -0.494 e. The first kappa shape index (κ1) is 22.9. The lowest BCUT2D eigenvalue weighted by Gasteiger charge is -2.12. The summed E-state index contributed by atoms with van der Waals surface area (Å²) in [6, 6.07) is 16.6. The minimum absolute atomic E-state index is 0.0196. The Hall–Kier alpha value is -2.82. The number of hydrogen-bond donors (Lipinski definition) is 1. The molecule has 0 bridgehead atoms. The second-order valence-electron chi connectivity index (χ2n) is 8.64. The van der Waals surface area contributed by atoms with Gasteiger partial charge in [-0.15, -0.1) is 0 Å². The zero-order valence-corrected chi connectivity index (χ0v) is 19.2. The highest BCUT2D eigenvalue weighted by Gasteiger charge is 2.11. The van der Waals surface area contributed by atoms with Crippen molar-refractivity contribution in [2.24, 2.45) is 5.92 Å². The van der Waals surface area contributed by atoms with E-state index in [4.69, 9.17) is 9.72 Å². The summed E-state index contributed by atoms with van der Waals surface area (Å²) in [5.74, 6) is 2.64. The second kappa shape index (κ2) is 11.0. The number of carbonyl (C=O) groups is 1. The van der Waals surface area contributed by atoms with Crippen LogP contribution in [0.3, 0.4) is 0 Å². The van der Waals surface area contributed by atoms with E-state index >= 15 is 0 Å². The Morgan fingerprint density at radius 3 is 2.48 bits per heavy atom. The number of hydrogen-bond acceptors (Lipinski definition) is 3. The van der Waals surface area contributed by atoms with E-state index in [0.717, 1.165) is 48.4 Å². The van der Waals surface area contributed by atoms with Gasteiger partial charge in [-0.3, -0.25) is 4.79 Å². The van der Waals surface area contributed by atoms with Crippen molar-refractivity contribution in [1.82, 2.24) is 14.9 Å². The topological polar surface area (TPSA) is 56.2 Å².